The van der Waals surface area contributed by atoms with Crippen LogP contribution in [-0.4, -0.2) is 28.6 Å². The van der Waals surface area contributed by atoms with Crippen molar-refractivity contribution >= 4 is 34.9 Å². The molecule has 2 aliphatic rings. The summed E-state index contributed by atoms with van der Waals surface area (Å²) in [5, 5.41) is 9.98. The van der Waals surface area contributed by atoms with Crippen LogP contribution in [0.4, 0.5) is 15.9 Å². The molecule has 1 aromatic heterocycles. The summed E-state index contributed by atoms with van der Waals surface area (Å²) in [5.74, 6) is 0.552. The zero-order valence-electron chi connectivity index (χ0n) is 16.9. The number of nitrogen functional groups attached to an aromatic ring is 1. The molecule has 2 fully saturated rings. The molecule has 2 aliphatic carbocycles. The molecular weight excluding hydrogens is 409 g/mol. The number of carbonyl (C=O) groups is 2. The van der Waals surface area contributed by atoms with Gasteiger partial charge >= 0.3 is 0 Å². The van der Waals surface area contributed by atoms with E-state index in [1.54, 1.807) is 14.1 Å². The van der Waals surface area contributed by atoms with Gasteiger partial charge in [0.2, 0.25) is 5.91 Å². The first kappa shape index (κ1) is 20.7. The first-order valence-electron chi connectivity index (χ1n) is 10.1. The first-order valence-corrected chi connectivity index (χ1v) is 10.5. The van der Waals surface area contributed by atoms with E-state index in [2.05, 4.69) is 15.7 Å². The number of hydrogen-bond acceptors (Lipinski definition) is 4. The summed E-state index contributed by atoms with van der Waals surface area (Å²) >= 11 is 5.82. The number of fused-ring (bicyclic) bond motifs is 1. The van der Waals surface area contributed by atoms with E-state index in [0.717, 1.165) is 25.7 Å². The van der Waals surface area contributed by atoms with E-state index in [-0.39, 0.29) is 28.6 Å². The highest BCUT2D eigenvalue weighted by Crippen LogP contribution is 2.53. The van der Waals surface area contributed by atoms with Gasteiger partial charge in [-0.1, -0.05) is 11.6 Å². The highest BCUT2D eigenvalue weighted by Gasteiger charge is 2.45. The molecule has 7 nitrogen and oxygen atoms in total. The summed E-state index contributed by atoms with van der Waals surface area (Å²) in [5.41, 5.74) is 7.60. The Balaban J connectivity index is 1.54. The normalized spacial score (nSPS) is 25.2. The largest absolute Gasteiger partial charge is 0.383 e. The van der Waals surface area contributed by atoms with Crippen molar-refractivity contribution < 1.29 is 14.0 Å². The van der Waals surface area contributed by atoms with Crippen LogP contribution in [0.5, 0.6) is 0 Å². The molecule has 9 heteroatoms. The van der Waals surface area contributed by atoms with Crippen LogP contribution in [0.25, 0.3) is 0 Å². The van der Waals surface area contributed by atoms with Gasteiger partial charge in [0.05, 0.1) is 10.7 Å². The van der Waals surface area contributed by atoms with Crippen molar-refractivity contribution in [2.45, 2.75) is 31.6 Å². The highest BCUT2D eigenvalue weighted by molar-refractivity contribution is 6.31. The number of nitrogens with one attached hydrogen (secondary N) is 2. The van der Waals surface area contributed by atoms with E-state index in [9.17, 15) is 14.0 Å². The number of nitrogens with zero attached hydrogens (tertiary/aromatic N) is 2. The van der Waals surface area contributed by atoms with Gasteiger partial charge in [-0.05, 0) is 55.7 Å². The lowest BCUT2D eigenvalue weighted by Crippen LogP contribution is -2.26. The average Bonchev–Trinajstić information content (AvgIpc) is 3.36. The smallest absolute Gasteiger partial charge is 0.261 e. The third kappa shape index (κ3) is 3.64. The number of aryl methyl sites for hydroxylation is 1. The molecule has 1 heterocycles. The van der Waals surface area contributed by atoms with Crippen LogP contribution in [0, 0.1) is 23.6 Å². The van der Waals surface area contributed by atoms with E-state index < -0.39 is 11.7 Å². The van der Waals surface area contributed by atoms with E-state index in [1.807, 2.05) is 0 Å². The second-order valence-corrected chi connectivity index (χ2v) is 8.73. The number of anilines is 2. The fourth-order valence-electron chi connectivity index (χ4n) is 5.10. The van der Waals surface area contributed by atoms with Crippen LogP contribution in [0.2, 0.25) is 5.02 Å². The molecule has 160 valence electrons. The molecule has 0 radical (unpaired) electrons. The highest BCUT2D eigenvalue weighted by atomic mass is 35.5. The standard InChI is InChI=1S/C21H25ClFN5O2/c1-25-20(29)13-7-10-5-12(6-11(10)8-13)18-17(19(24)28(2)27-18)21(30)26-14-3-4-16(23)15(22)9-14/h3-4,9-13H,5-8,24H2,1-2H3,(H,25,29)(H,26,30). The lowest BCUT2D eigenvalue weighted by atomic mass is 9.93. The summed E-state index contributed by atoms with van der Waals surface area (Å²) in [7, 11) is 3.39. The number of halogens is 2. The Bertz CT molecular complexity index is 994. The van der Waals surface area contributed by atoms with E-state index in [0.29, 0.717) is 28.8 Å². The van der Waals surface area contributed by atoms with Crippen molar-refractivity contribution in [1.29, 1.82) is 0 Å². The molecule has 2 unspecified atom stereocenters. The number of amides is 2. The minimum absolute atomic E-state index is 0.0681. The second-order valence-electron chi connectivity index (χ2n) is 8.32. The van der Waals surface area contributed by atoms with Gasteiger partial charge in [0.15, 0.2) is 0 Å². The maximum atomic E-state index is 13.4. The average molecular weight is 434 g/mol. The number of carbonyl (C=O) groups excluding carboxylic acids is 2. The summed E-state index contributed by atoms with van der Waals surface area (Å²) in [6.07, 6.45) is 3.52. The molecule has 2 amide bonds. The Morgan fingerprint density at radius 2 is 1.90 bits per heavy atom. The van der Waals surface area contributed by atoms with Crippen molar-refractivity contribution in [3.8, 4) is 0 Å². The van der Waals surface area contributed by atoms with Crippen LogP contribution in [0.3, 0.4) is 0 Å². The van der Waals surface area contributed by atoms with Gasteiger partial charge in [-0.25, -0.2) is 4.39 Å². The zero-order chi connectivity index (χ0) is 21.6. The van der Waals surface area contributed by atoms with Crippen molar-refractivity contribution in [1.82, 2.24) is 15.1 Å². The molecule has 0 bridgehead atoms. The summed E-state index contributed by atoms with van der Waals surface area (Å²) < 4.78 is 14.9. The van der Waals surface area contributed by atoms with E-state index in [1.165, 1.54) is 22.9 Å². The van der Waals surface area contributed by atoms with Crippen molar-refractivity contribution in [3.63, 3.8) is 0 Å². The molecule has 0 aliphatic heterocycles. The molecule has 0 saturated heterocycles. The maximum Gasteiger partial charge on any atom is 0.261 e. The molecule has 30 heavy (non-hydrogen) atoms. The lowest BCUT2D eigenvalue weighted by molar-refractivity contribution is -0.124. The Morgan fingerprint density at radius 1 is 1.23 bits per heavy atom. The Labute approximate surface area is 179 Å². The third-order valence-electron chi connectivity index (χ3n) is 6.54. The molecule has 2 atom stereocenters. The van der Waals surface area contributed by atoms with Crippen molar-refractivity contribution in [2.24, 2.45) is 24.8 Å². The third-order valence-corrected chi connectivity index (χ3v) is 6.83. The SMILES string of the molecule is CNC(=O)C1CC2CC(c3nn(C)c(N)c3C(=O)Nc3ccc(F)c(Cl)c3)CC2C1. The topological polar surface area (TPSA) is 102 Å². The quantitative estimate of drug-likeness (QED) is 0.688. The Morgan fingerprint density at radius 3 is 2.50 bits per heavy atom. The number of rotatable bonds is 4. The lowest BCUT2D eigenvalue weighted by Gasteiger charge is -2.14. The van der Waals surface area contributed by atoms with Gasteiger partial charge < -0.3 is 16.4 Å². The number of hydrogen-bond donors (Lipinski definition) is 3. The molecule has 4 rings (SSSR count). The van der Waals surface area contributed by atoms with Crippen LogP contribution in [0.15, 0.2) is 18.2 Å². The van der Waals surface area contributed by atoms with E-state index in [4.69, 9.17) is 17.3 Å². The van der Waals surface area contributed by atoms with Gasteiger partial charge in [-0.15, -0.1) is 0 Å². The van der Waals surface area contributed by atoms with Crippen LogP contribution in [0.1, 0.15) is 47.7 Å². The molecule has 2 saturated carbocycles. The van der Waals surface area contributed by atoms with Crippen molar-refractivity contribution in [2.75, 3.05) is 18.1 Å². The molecule has 4 N–H and O–H groups in total. The number of aromatic nitrogens is 2. The van der Waals surface area contributed by atoms with Gasteiger partial charge in [0.1, 0.15) is 17.2 Å². The van der Waals surface area contributed by atoms with Crippen molar-refractivity contribution in [3.05, 3.63) is 40.3 Å². The van der Waals surface area contributed by atoms with Gasteiger partial charge in [0.25, 0.3) is 5.91 Å². The van der Waals surface area contributed by atoms with Crippen LogP contribution >= 0.6 is 11.6 Å². The van der Waals surface area contributed by atoms with Gasteiger partial charge in [-0.2, -0.15) is 5.10 Å². The van der Waals surface area contributed by atoms with Gasteiger partial charge in [-0.3, -0.25) is 14.3 Å². The van der Waals surface area contributed by atoms with Crippen LogP contribution in [-0.2, 0) is 11.8 Å². The summed E-state index contributed by atoms with van der Waals surface area (Å²) in [6.45, 7) is 0. The zero-order valence-corrected chi connectivity index (χ0v) is 17.7. The molecule has 1 aromatic carbocycles. The van der Waals surface area contributed by atoms with Crippen LogP contribution < -0.4 is 16.4 Å². The van der Waals surface area contributed by atoms with E-state index >= 15 is 0 Å². The fourth-order valence-corrected chi connectivity index (χ4v) is 5.28. The Kier molecular flexibility index (Phi) is 5.44. The summed E-state index contributed by atoms with van der Waals surface area (Å²) in [4.78, 5) is 25.0. The predicted octanol–water partition coefficient (Wildman–Crippen LogP) is 3.31. The summed E-state index contributed by atoms with van der Waals surface area (Å²) in [6, 6.07) is 4.01. The first-order chi connectivity index (χ1) is 14.3. The Hall–Kier alpha value is -2.61. The molecular formula is C21H25ClFN5O2. The predicted molar refractivity (Wildman–Crippen MR) is 113 cm³/mol. The second kappa shape index (κ2) is 7.91. The molecule has 0 spiro atoms. The monoisotopic (exact) mass is 433 g/mol. The molecule has 2 aromatic rings. The minimum atomic E-state index is -0.552. The minimum Gasteiger partial charge on any atom is -0.383 e. The van der Waals surface area contributed by atoms with Gasteiger partial charge in [0, 0.05) is 31.6 Å². The maximum absolute atomic E-state index is 13.4. The number of benzene rings is 1. The fraction of sp³-hybridized carbons (Fsp3) is 0.476. The number of nitrogens with two attached hydrogens (primary N) is 1.